The van der Waals surface area contributed by atoms with Crippen LogP contribution >= 0.6 is 0 Å². The van der Waals surface area contributed by atoms with Gasteiger partial charge in [0.05, 0.1) is 0 Å². The quantitative estimate of drug-likeness (QED) is 0.553. The first-order valence-electron chi connectivity index (χ1n) is 7.80. The van der Waals surface area contributed by atoms with Crippen molar-refractivity contribution in [2.75, 3.05) is 0 Å². The molecule has 0 amide bonds. The Bertz CT molecular complexity index is 219. The van der Waals surface area contributed by atoms with Crippen LogP contribution in [0.2, 0.25) is 0 Å². The van der Waals surface area contributed by atoms with E-state index < -0.39 is 6.10 Å². The predicted molar refractivity (Wildman–Crippen MR) is 77.7 cm³/mol. The van der Waals surface area contributed by atoms with Crippen molar-refractivity contribution in [1.29, 1.82) is 0 Å². The average molecular weight is 256 g/mol. The number of hydrogen-bond acceptors (Lipinski definition) is 2. The minimum absolute atomic E-state index is 0.0945. The first-order chi connectivity index (χ1) is 8.57. The molecular formula is C16H32O2. The lowest BCUT2D eigenvalue weighted by Gasteiger charge is -2.32. The van der Waals surface area contributed by atoms with Crippen molar-refractivity contribution in [3.05, 3.63) is 0 Å². The lowest BCUT2D eigenvalue weighted by atomic mass is 9.72. The van der Waals surface area contributed by atoms with Gasteiger partial charge in [-0.1, -0.05) is 59.8 Å². The van der Waals surface area contributed by atoms with Crippen LogP contribution in [0.5, 0.6) is 0 Å². The highest BCUT2D eigenvalue weighted by Gasteiger charge is 2.37. The van der Waals surface area contributed by atoms with E-state index in [0.717, 1.165) is 51.4 Å². The molecular weight excluding hydrogens is 224 g/mol. The molecule has 0 aliphatic rings. The van der Waals surface area contributed by atoms with E-state index in [1.807, 2.05) is 0 Å². The smallest absolute Gasteiger partial charge is 0.167 e. The van der Waals surface area contributed by atoms with Crippen LogP contribution in [0.15, 0.2) is 0 Å². The van der Waals surface area contributed by atoms with Crippen molar-refractivity contribution < 1.29 is 9.90 Å². The van der Waals surface area contributed by atoms with Crippen molar-refractivity contribution in [1.82, 2.24) is 0 Å². The van der Waals surface area contributed by atoms with Gasteiger partial charge in [0.1, 0.15) is 6.10 Å². The van der Waals surface area contributed by atoms with Crippen molar-refractivity contribution in [3.8, 4) is 0 Å². The molecule has 0 saturated heterocycles. The van der Waals surface area contributed by atoms with Gasteiger partial charge in [0.25, 0.3) is 0 Å². The normalized spacial score (nSPS) is 13.6. The van der Waals surface area contributed by atoms with Gasteiger partial charge >= 0.3 is 0 Å². The Morgan fingerprint density at radius 1 is 1.00 bits per heavy atom. The number of ketones is 1. The second-order valence-electron chi connectivity index (χ2n) is 5.47. The third kappa shape index (κ3) is 5.09. The molecule has 0 aliphatic carbocycles. The Morgan fingerprint density at radius 2 is 1.56 bits per heavy atom. The molecule has 0 fully saturated rings. The number of rotatable bonds is 11. The lowest BCUT2D eigenvalue weighted by Crippen LogP contribution is -2.38. The minimum Gasteiger partial charge on any atom is -0.385 e. The van der Waals surface area contributed by atoms with Crippen LogP contribution in [0, 0.1) is 5.41 Å². The van der Waals surface area contributed by atoms with E-state index >= 15 is 0 Å². The number of carbonyl (C=O) groups is 1. The fourth-order valence-corrected chi connectivity index (χ4v) is 2.66. The van der Waals surface area contributed by atoms with Crippen molar-refractivity contribution in [2.24, 2.45) is 5.41 Å². The zero-order chi connectivity index (χ0) is 14.0. The van der Waals surface area contributed by atoms with Crippen LogP contribution in [0.1, 0.15) is 85.5 Å². The monoisotopic (exact) mass is 256 g/mol. The summed E-state index contributed by atoms with van der Waals surface area (Å²) in [6, 6.07) is 0. The fourth-order valence-electron chi connectivity index (χ4n) is 2.66. The third-order valence-corrected chi connectivity index (χ3v) is 4.27. The fraction of sp³-hybridized carbons (Fsp3) is 0.938. The van der Waals surface area contributed by atoms with Crippen LogP contribution in [0.4, 0.5) is 0 Å². The van der Waals surface area contributed by atoms with Gasteiger partial charge in [-0.05, 0) is 25.7 Å². The summed E-state index contributed by atoms with van der Waals surface area (Å²) in [5.41, 5.74) is -0.276. The van der Waals surface area contributed by atoms with Crippen LogP contribution < -0.4 is 0 Å². The molecule has 2 nitrogen and oxygen atoms in total. The molecule has 0 aromatic heterocycles. The molecule has 1 unspecified atom stereocenters. The summed E-state index contributed by atoms with van der Waals surface area (Å²) in [6.45, 7) is 8.45. The second-order valence-corrected chi connectivity index (χ2v) is 5.47. The molecule has 1 N–H and O–H groups in total. The summed E-state index contributed by atoms with van der Waals surface area (Å²) in [7, 11) is 0. The van der Waals surface area contributed by atoms with E-state index in [0.29, 0.717) is 6.42 Å². The Balaban J connectivity index is 4.53. The maximum atomic E-state index is 12.5. The molecule has 0 spiro atoms. The molecule has 108 valence electrons. The Morgan fingerprint density at radius 3 is 2.00 bits per heavy atom. The van der Waals surface area contributed by atoms with Crippen LogP contribution in [-0.4, -0.2) is 17.0 Å². The van der Waals surface area contributed by atoms with Gasteiger partial charge in [-0.2, -0.15) is 0 Å². The minimum atomic E-state index is -0.742. The highest BCUT2D eigenvalue weighted by Crippen LogP contribution is 2.35. The summed E-state index contributed by atoms with van der Waals surface area (Å²) in [4.78, 5) is 12.5. The molecule has 2 heteroatoms. The molecule has 18 heavy (non-hydrogen) atoms. The average Bonchev–Trinajstić information content (AvgIpc) is 2.40. The summed E-state index contributed by atoms with van der Waals surface area (Å²) in [5.74, 6) is 0.0945. The third-order valence-electron chi connectivity index (χ3n) is 4.27. The van der Waals surface area contributed by atoms with Gasteiger partial charge in [-0.3, -0.25) is 4.79 Å². The van der Waals surface area contributed by atoms with Crippen molar-refractivity contribution in [2.45, 2.75) is 91.6 Å². The number of carbonyl (C=O) groups excluding carboxylic acids is 1. The Hall–Kier alpha value is -0.370. The van der Waals surface area contributed by atoms with Gasteiger partial charge in [0.15, 0.2) is 5.78 Å². The predicted octanol–water partition coefficient (Wildman–Crippen LogP) is 4.49. The Kier molecular flexibility index (Phi) is 9.35. The van der Waals surface area contributed by atoms with Gasteiger partial charge in [0.2, 0.25) is 0 Å². The van der Waals surface area contributed by atoms with E-state index in [4.69, 9.17) is 0 Å². The van der Waals surface area contributed by atoms with E-state index in [1.54, 1.807) is 0 Å². The molecule has 0 saturated carbocycles. The molecule has 1 atom stereocenters. The van der Waals surface area contributed by atoms with E-state index in [9.17, 15) is 9.90 Å². The van der Waals surface area contributed by atoms with E-state index in [-0.39, 0.29) is 11.2 Å². The largest absolute Gasteiger partial charge is 0.385 e. The molecule has 0 rings (SSSR count). The number of hydrogen-bond donors (Lipinski definition) is 1. The molecule has 0 aromatic rings. The standard InChI is InChI=1S/C16H32O2/c1-5-9-11-12-14(17)15(18)16(7-3,8-4)13-10-6-2/h14,17H,5-13H2,1-4H3. The number of unbranched alkanes of at least 4 members (excludes halogenated alkanes) is 3. The lowest BCUT2D eigenvalue weighted by molar-refractivity contribution is -0.139. The summed E-state index contributed by atoms with van der Waals surface area (Å²) in [6.07, 6.45) is 7.92. The SMILES string of the molecule is CCCCCC(O)C(=O)C(CC)(CC)CCCC. The van der Waals surface area contributed by atoms with Gasteiger partial charge in [0, 0.05) is 5.41 Å². The molecule has 0 radical (unpaired) electrons. The maximum Gasteiger partial charge on any atom is 0.167 e. The zero-order valence-corrected chi connectivity index (χ0v) is 12.8. The van der Waals surface area contributed by atoms with Gasteiger partial charge < -0.3 is 5.11 Å². The number of Topliss-reactive ketones (excluding diaryl/α,β-unsaturated/α-hetero) is 1. The summed E-state index contributed by atoms with van der Waals surface area (Å²) >= 11 is 0. The molecule has 0 heterocycles. The maximum absolute atomic E-state index is 12.5. The Labute approximate surface area is 113 Å². The number of aliphatic hydroxyl groups is 1. The van der Waals surface area contributed by atoms with Gasteiger partial charge in [-0.25, -0.2) is 0 Å². The topological polar surface area (TPSA) is 37.3 Å². The van der Waals surface area contributed by atoms with Crippen LogP contribution in [0.3, 0.4) is 0 Å². The highest BCUT2D eigenvalue weighted by atomic mass is 16.3. The van der Waals surface area contributed by atoms with Gasteiger partial charge in [-0.15, -0.1) is 0 Å². The second kappa shape index (κ2) is 9.55. The van der Waals surface area contributed by atoms with Crippen molar-refractivity contribution >= 4 is 5.78 Å². The number of aliphatic hydroxyl groups excluding tert-OH is 1. The molecule has 0 bridgehead atoms. The first-order valence-corrected chi connectivity index (χ1v) is 7.80. The molecule has 0 aromatic carbocycles. The molecule has 0 aliphatic heterocycles. The van der Waals surface area contributed by atoms with E-state index in [2.05, 4.69) is 27.7 Å². The summed E-state index contributed by atoms with van der Waals surface area (Å²) in [5, 5.41) is 10.1. The van der Waals surface area contributed by atoms with Crippen LogP contribution in [-0.2, 0) is 4.79 Å². The van der Waals surface area contributed by atoms with Crippen LogP contribution in [0.25, 0.3) is 0 Å². The van der Waals surface area contributed by atoms with E-state index in [1.165, 1.54) is 0 Å². The van der Waals surface area contributed by atoms with Crippen molar-refractivity contribution in [3.63, 3.8) is 0 Å². The summed E-state index contributed by atoms with van der Waals surface area (Å²) < 4.78 is 0. The first kappa shape index (κ1) is 17.6. The zero-order valence-electron chi connectivity index (χ0n) is 12.8. The highest BCUT2D eigenvalue weighted by molar-refractivity contribution is 5.88.